The van der Waals surface area contributed by atoms with Crippen molar-refractivity contribution in [2.45, 2.75) is 31.8 Å². The number of carbonyl (C=O) groups is 1. The van der Waals surface area contributed by atoms with Crippen molar-refractivity contribution in [1.29, 1.82) is 0 Å². The maximum atomic E-state index is 10.9. The lowest BCUT2D eigenvalue weighted by Crippen LogP contribution is -2.64. The molecule has 0 aliphatic carbocycles. The fourth-order valence-corrected chi connectivity index (χ4v) is 2.10. The van der Waals surface area contributed by atoms with Crippen LogP contribution in [0.3, 0.4) is 0 Å². The summed E-state index contributed by atoms with van der Waals surface area (Å²) < 4.78 is 5.90. The van der Waals surface area contributed by atoms with Gasteiger partial charge in [-0.05, 0) is 23.6 Å². The van der Waals surface area contributed by atoms with Crippen LogP contribution < -0.4 is 10.1 Å². The second kappa shape index (κ2) is 4.98. The third-order valence-electron chi connectivity index (χ3n) is 3.23. The quantitative estimate of drug-likeness (QED) is 0.838. The Kier molecular flexibility index (Phi) is 3.57. The molecule has 1 aromatic carbocycles. The molecular formula is C14H19NO3. The lowest BCUT2D eigenvalue weighted by molar-refractivity contribution is -0.143. The molecule has 1 saturated heterocycles. The summed E-state index contributed by atoms with van der Waals surface area (Å²) >= 11 is 0. The highest BCUT2D eigenvalue weighted by molar-refractivity contribution is 5.68. The van der Waals surface area contributed by atoms with E-state index in [4.69, 9.17) is 9.84 Å². The van der Waals surface area contributed by atoms with Crippen molar-refractivity contribution < 1.29 is 14.6 Å². The number of nitrogens with one attached hydrogen (secondary N) is 1. The van der Waals surface area contributed by atoms with E-state index in [2.05, 4.69) is 25.2 Å². The van der Waals surface area contributed by atoms with Crippen LogP contribution in [0.25, 0.3) is 0 Å². The van der Waals surface area contributed by atoms with E-state index < -0.39 is 11.6 Å². The fourth-order valence-electron chi connectivity index (χ4n) is 2.10. The second-order valence-electron chi connectivity index (χ2n) is 5.19. The maximum absolute atomic E-state index is 10.9. The van der Waals surface area contributed by atoms with Gasteiger partial charge in [0.1, 0.15) is 11.4 Å². The number of aliphatic carboxylic acids is 1. The van der Waals surface area contributed by atoms with E-state index in [9.17, 15) is 4.79 Å². The Morgan fingerprint density at radius 1 is 1.50 bits per heavy atom. The van der Waals surface area contributed by atoms with E-state index in [1.807, 2.05) is 18.2 Å². The normalized spacial score (nSPS) is 17.3. The van der Waals surface area contributed by atoms with E-state index in [0.29, 0.717) is 19.0 Å². The van der Waals surface area contributed by atoms with E-state index in [1.54, 1.807) is 0 Å². The zero-order valence-corrected chi connectivity index (χ0v) is 10.8. The highest BCUT2D eigenvalue weighted by atomic mass is 16.5. The predicted octanol–water partition coefficient (Wildman–Crippen LogP) is 2.01. The van der Waals surface area contributed by atoms with Crippen LogP contribution in [0.15, 0.2) is 24.3 Å². The van der Waals surface area contributed by atoms with Gasteiger partial charge in [0.05, 0.1) is 6.42 Å². The summed E-state index contributed by atoms with van der Waals surface area (Å²) in [4.78, 5) is 10.9. The average molecular weight is 249 g/mol. The number of rotatable bonds is 5. The molecule has 0 saturated carbocycles. The molecule has 4 nitrogen and oxygen atoms in total. The highest BCUT2D eigenvalue weighted by Crippen LogP contribution is 2.27. The first-order chi connectivity index (χ1) is 8.51. The van der Waals surface area contributed by atoms with Gasteiger partial charge in [0.25, 0.3) is 0 Å². The third-order valence-corrected chi connectivity index (χ3v) is 3.23. The topological polar surface area (TPSA) is 58.6 Å². The van der Waals surface area contributed by atoms with Crippen LogP contribution in [0.5, 0.6) is 5.75 Å². The first kappa shape index (κ1) is 12.9. The predicted molar refractivity (Wildman–Crippen MR) is 69.0 cm³/mol. The Bertz CT molecular complexity index is 438. The van der Waals surface area contributed by atoms with Crippen LogP contribution >= 0.6 is 0 Å². The molecular weight excluding hydrogens is 230 g/mol. The monoisotopic (exact) mass is 249 g/mol. The summed E-state index contributed by atoms with van der Waals surface area (Å²) in [6.45, 7) is 5.42. The molecule has 98 valence electrons. The molecule has 1 heterocycles. The van der Waals surface area contributed by atoms with Crippen molar-refractivity contribution in [2.75, 3.05) is 13.1 Å². The van der Waals surface area contributed by atoms with E-state index in [0.717, 1.165) is 5.75 Å². The standard InChI is InChI=1S/C14H19NO3/c1-10(2)11-4-3-5-12(6-11)18-14(7-13(16)17)8-15-9-14/h3-6,10,15H,7-9H2,1-2H3,(H,16,17). The van der Waals surface area contributed by atoms with E-state index >= 15 is 0 Å². The summed E-state index contributed by atoms with van der Waals surface area (Å²) in [6.07, 6.45) is 0.0336. The molecule has 2 N–H and O–H groups in total. The van der Waals surface area contributed by atoms with Crippen LogP contribution in [-0.4, -0.2) is 29.8 Å². The highest BCUT2D eigenvalue weighted by Gasteiger charge is 2.41. The van der Waals surface area contributed by atoms with Gasteiger partial charge in [-0.2, -0.15) is 0 Å². The maximum Gasteiger partial charge on any atom is 0.307 e. The minimum Gasteiger partial charge on any atom is -0.484 e. The summed E-state index contributed by atoms with van der Waals surface area (Å²) in [5.41, 5.74) is 0.617. The van der Waals surface area contributed by atoms with E-state index in [-0.39, 0.29) is 6.42 Å². The molecule has 0 aromatic heterocycles. The van der Waals surface area contributed by atoms with Gasteiger partial charge in [-0.15, -0.1) is 0 Å². The SMILES string of the molecule is CC(C)c1cccc(OC2(CC(=O)O)CNC2)c1. The Balaban J connectivity index is 2.12. The summed E-state index contributed by atoms with van der Waals surface area (Å²) in [5.74, 6) is 0.365. The minimum atomic E-state index is -0.823. The molecule has 0 bridgehead atoms. The molecule has 0 spiro atoms. The average Bonchev–Trinajstić information content (AvgIpc) is 2.25. The van der Waals surface area contributed by atoms with Gasteiger partial charge >= 0.3 is 5.97 Å². The molecule has 1 fully saturated rings. The molecule has 0 radical (unpaired) electrons. The van der Waals surface area contributed by atoms with Crippen LogP contribution in [0.4, 0.5) is 0 Å². The number of carboxylic acid groups (broad SMARTS) is 1. The lowest BCUT2D eigenvalue weighted by Gasteiger charge is -2.41. The number of ether oxygens (including phenoxy) is 1. The molecule has 2 rings (SSSR count). The lowest BCUT2D eigenvalue weighted by atomic mass is 9.92. The molecule has 1 aromatic rings. The molecule has 0 unspecified atom stereocenters. The Hall–Kier alpha value is -1.55. The van der Waals surface area contributed by atoms with Crippen molar-refractivity contribution in [3.8, 4) is 5.75 Å². The van der Waals surface area contributed by atoms with Crippen molar-refractivity contribution >= 4 is 5.97 Å². The van der Waals surface area contributed by atoms with Gasteiger partial charge in [-0.25, -0.2) is 0 Å². The van der Waals surface area contributed by atoms with Gasteiger partial charge in [-0.3, -0.25) is 4.79 Å². The molecule has 1 aliphatic rings. The van der Waals surface area contributed by atoms with Gasteiger partial charge in [-0.1, -0.05) is 26.0 Å². The van der Waals surface area contributed by atoms with Gasteiger partial charge in [0, 0.05) is 13.1 Å². The van der Waals surface area contributed by atoms with Crippen molar-refractivity contribution in [1.82, 2.24) is 5.32 Å². The van der Waals surface area contributed by atoms with Crippen molar-refractivity contribution in [2.24, 2.45) is 0 Å². The summed E-state index contributed by atoms with van der Waals surface area (Å²) in [6, 6.07) is 7.88. The Morgan fingerprint density at radius 2 is 2.22 bits per heavy atom. The first-order valence-corrected chi connectivity index (χ1v) is 6.22. The smallest absolute Gasteiger partial charge is 0.307 e. The largest absolute Gasteiger partial charge is 0.484 e. The van der Waals surface area contributed by atoms with Crippen LogP contribution in [0.2, 0.25) is 0 Å². The van der Waals surface area contributed by atoms with E-state index in [1.165, 1.54) is 5.56 Å². The second-order valence-corrected chi connectivity index (χ2v) is 5.19. The van der Waals surface area contributed by atoms with Gasteiger partial charge < -0.3 is 15.2 Å². The Labute approximate surface area is 107 Å². The Morgan fingerprint density at radius 3 is 2.72 bits per heavy atom. The van der Waals surface area contributed by atoms with Crippen LogP contribution in [0, 0.1) is 0 Å². The fraction of sp³-hybridized carbons (Fsp3) is 0.500. The van der Waals surface area contributed by atoms with Crippen molar-refractivity contribution in [3.05, 3.63) is 29.8 Å². The summed E-state index contributed by atoms with van der Waals surface area (Å²) in [7, 11) is 0. The first-order valence-electron chi connectivity index (χ1n) is 6.22. The molecule has 18 heavy (non-hydrogen) atoms. The molecule has 4 heteroatoms. The number of hydrogen-bond donors (Lipinski definition) is 2. The number of hydrogen-bond acceptors (Lipinski definition) is 3. The zero-order chi connectivity index (χ0) is 13.2. The molecule has 0 atom stereocenters. The number of benzene rings is 1. The van der Waals surface area contributed by atoms with Crippen LogP contribution in [-0.2, 0) is 4.79 Å². The number of carboxylic acids is 1. The summed E-state index contributed by atoms with van der Waals surface area (Å²) in [5, 5.41) is 12.0. The van der Waals surface area contributed by atoms with Gasteiger partial charge in [0.2, 0.25) is 0 Å². The zero-order valence-electron chi connectivity index (χ0n) is 10.8. The third kappa shape index (κ3) is 2.82. The minimum absolute atomic E-state index is 0.0336. The van der Waals surface area contributed by atoms with Gasteiger partial charge in [0.15, 0.2) is 0 Å². The van der Waals surface area contributed by atoms with Crippen molar-refractivity contribution in [3.63, 3.8) is 0 Å². The molecule has 1 aliphatic heterocycles. The molecule has 0 amide bonds. The van der Waals surface area contributed by atoms with Crippen LogP contribution in [0.1, 0.15) is 31.7 Å².